The number of hydrogen-bond acceptors (Lipinski definition) is 3. The van der Waals surface area contributed by atoms with Crippen molar-refractivity contribution in [2.24, 2.45) is 17.6 Å². The molecule has 1 saturated carbocycles. The zero-order valence-electron chi connectivity index (χ0n) is 13.1. The normalized spacial score (nSPS) is 35.1. The minimum absolute atomic E-state index is 0.0970. The van der Waals surface area contributed by atoms with Gasteiger partial charge >= 0.3 is 0 Å². The molecule has 1 heterocycles. The van der Waals surface area contributed by atoms with Crippen molar-refractivity contribution in [1.82, 2.24) is 10.2 Å². The van der Waals surface area contributed by atoms with E-state index >= 15 is 0 Å². The van der Waals surface area contributed by atoms with E-state index in [-0.39, 0.29) is 5.91 Å². The summed E-state index contributed by atoms with van der Waals surface area (Å²) in [6, 6.07) is 0.988. The quantitative estimate of drug-likeness (QED) is 0.807. The number of amides is 1. The first-order valence-electron chi connectivity index (χ1n) is 8.35. The van der Waals surface area contributed by atoms with Gasteiger partial charge in [0, 0.05) is 32.1 Å². The van der Waals surface area contributed by atoms with Crippen molar-refractivity contribution in [2.45, 2.75) is 64.5 Å². The van der Waals surface area contributed by atoms with Gasteiger partial charge < -0.3 is 11.1 Å². The Kier molecular flexibility index (Phi) is 5.85. The van der Waals surface area contributed by atoms with Gasteiger partial charge in [0.2, 0.25) is 5.91 Å². The number of carbonyl (C=O) groups is 1. The van der Waals surface area contributed by atoms with Gasteiger partial charge in [0.15, 0.2) is 0 Å². The standard InChI is InChI=1S/C16H31N3O/c1-3-4-13-5-6-14(10-17)16(9-13)19-8-7-15(11-19)18-12(2)20/h13-16H,3-11,17H2,1-2H3,(H,18,20). The van der Waals surface area contributed by atoms with E-state index in [1.807, 2.05) is 0 Å². The number of nitrogens with two attached hydrogens (primary N) is 1. The van der Waals surface area contributed by atoms with Crippen molar-refractivity contribution in [2.75, 3.05) is 19.6 Å². The average molecular weight is 281 g/mol. The lowest BCUT2D eigenvalue weighted by Crippen LogP contribution is -2.47. The van der Waals surface area contributed by atoms with Crippen LogP contribution >= 0.6 is 0 Å². The maximum atomic E-state index is 11.2. The van der Waals surface area contributed by atoms with Crippen LogP contribution in [0.25, 0.3) is 0 Å². The summed E-state index contributed by atoms with van der Waals surface area (Å²) in [6.07, 6.45) is 7.69. The Hall–Kier alpha value is -0.610. The van der Waals surface area contributed by atoms with E-state index in [9.17, 15) is 4.79 Å². The second kappa shape index (κ2) is 7.41. The average Bonchev–Trinajstić information content (AvgIpc) is 2.86. The van der Waals surface area contributed by atoms with E-state index in [1.165, 1.54) is 32.1 Å². The fourth-order valence-electron chi connectivity index (χ4n) is 4.18. The zero-order chi connectivity index (χ0) is 14.5. The fourth-order valence-corrected chi connectivity index (χ4v) is 4.18. The number of hydrogen-bond donors (Lipinski definition) is 2. The van der Waals surface area contributed by atoms with E-state index in [1.54, 1.807) is 6.92 Å². The maximum absolute atomic E-state index is 11.2. The van der Waals surface area contributed by atoms with Gasteiger partial charge in [0.25, 0.3) is 0 Å². The lowest BCUT2D eigenvalue weighted by Gasteiger charge is -2.41. The van der Waals surface area contributed by atoms with Crippen LogP contribution in [0.1, 0.15) is 52.4 Å². The molecule has 4 nitrogen and oxygen atoms in total. The SMILES string of the molecule is CCCC1CCC(CN)C(N2CCC(NC(C)=O)C2)C1. The highest BCUT2D eigenvalue weighted by Gasteiger charge is 2.36. The van der Waals surface area contributed by atoms with Crippen LogP contribution in [0.4, 0.5) is 0 Å². The summed E-state index contributed by atoms with van der Waals surface area (Å²) in [5, 5.41) is 3.07. The Labute approximate surface area is 123 Å². The molecule has 0 spiro atoms. The molecular formula is C16H31N3O. The van der Waals surface area contributed by atoms with Gasteiger partial charge in [0.1, 0.15) is 0 Å². The molecule has 2 rings (SSSR count). The largest absolute Gasteiger partial charge is 0.352 e. The van der Waals surface area contributed by atoms with Crippen LogP contribution in [-0.4, -0.2) is 42.5 Å². The van der Waals surface area contributed by atoms with Gasteiger partial charge in [-0.3, -0.25) is 9.69 Å². The smallest absolute Gasteiger partial charge is 0.217 e. The Balaban J connectivity index is 1.92. The Morgan fingerprint density at radius 2 is 2.15 bits per heavy atom. The summed E-state index contributed by atoms with van der Waals surface area (Å²) in [6.45, 7) is 6.84. The molecule has 1 amide bonds. The van der Waals surface area contributed by atoms with Crippen molar-refractivity contribution in [1.29, 1.82) is 0 Å². The molecule has 0 aromatic carbocycles. The van der Waals surface area contributed by atoms with Crippen LogP contribution in [0.15, 0.2) is 0 Å². The summed E-state index contributed by atoms with van der Waals surface area (Å²) in [5.74, 6) is 1.63. The number of carbonyl (C=O) groups excluding carboxylic acids is 1. The van der Waals surface area contributed by atoms with Crippen LogP contribution in [-0.2, 0) is 4.79 Å². The topological polar surface area (TPSA) is 58.4 Å². The van der Waals surface area contributed by atoms with E-state index in [0.717, 1.165) is 32.0 Å². The van der Waals surface area contributed by atoms with Gasteiger partial charge in [-0.05, 0) is 37.6 Å². The number of likely N-dealkylation sites (tertiary alicyclic amines) is 1. The molecule has 4 unspecified atom stereocenters. The lowest BCUT2D eigenvalue weighted by atomic mass is 9.76. The van der Waals surface area contributed by atoms with Crippen molar-refractivity contribution in [3.63, 3.8) is 0 Å². The molecule has 4 heteroatoms. The predicted molar refractivity (Wildman–Crippen MR) is 82.4 cm³/mol. The minimum Gasteiger partial charge on any atom is -0.352 e. The van der Waals surface area contributed by atoms with Crippen LogP contribution in [0.5, 0.6) is 0 Å². The van der Waals surface area contributed by atoms with E-state index in [2.05, 4.69) is 17.1 Å². The van der Waals surface area contributed by atoms with Crippen LogP contribution in [0.3, 0.4) is 0 Å². The van der Waals surface area contributed by atoms with Gasteiger partial charge in [-0.2, -0.15) is 0 Å². The van der Waals surface area contributed by atoms with Crippen molar-refractivity contribution in [3.05, 3.63) is 0 Å². The van der Waals surface area contributed by atoms with Crippen molar-refractivity contribution < 1.29 is 4.79 Å². The maximum Gasteiger partial charge on any atom is 0.217 e. The van der Waals surface area contributed by atoms with Gasteiger partial charge in [-0.25, -0.2) is 0 Å². The molecule has 1 saturated heterocycles. The number of nitrogens with zero attached hydrogens (tertiary/aromatic N) is 1. The molecule has 20 heavy (non-hydrogen) atoms. The third-order valence-electron chi connectivity index (χ3n) is 5.16. The summed E-state index contributed by atoms with van der Waals surface area (Å²) in [4.78, 5) is 13.8. The molecule has 1 aliphatic heterocycles. The van der Waals surface area contributed by atoms with Gasteiger partial charge in [-0.1, -0.05) is 26.2 Å². The van der Waals surface area contributed by atoms with E-state index < -0.39 is 0 Å². The molecule has 0 radical (unpaired) electrons. The number of nitrogens with one attached hydrogen (secondary N) is 1. The molecule has 2 aliphatic rings. The summed E-state index contributed by atoms with van der Waals surface area (Å²) in [5.41, 5.74) is 6.00. The highest BCUT2D eigenvalue weighted by molar-refractivity contribution is 5.73. The van der Waals surface area contributed by atoms with Gasteiger partial charge in [-0.15, -0.1) is 0 Å². The minimum atomic E-state index is 0.0970. The molecule has 116 valence electrons. The van der Waals surface area contributed by atoms with Crippen LogP contribution in [0, 0.1) is 11.8 Å². The molecule has 4 atom stereocenters. The lowest BCUT2D eigenvalue weighted by molar-refractivity contribution is -0.119. The van der Waals surface area contributed by atoms with E-state index in [0.29, 0.717) is 18.0 Å². The molecule has 0 bridgehead atoms. The first kappa shape index (κ1) is 15.8. The first-order valence-corrected chi connectivity index (χ1v) is 8.35. The van der Waals surface area contributed by atoms with Crippen LogP contribution in [0.2, 0.25) is 0 Å². The van der Waals surface area contributed by atoms with Crippen molar-refractivity contribution in [3.8, 4) is 0 Å². The van der Waals surface area contributed by atoms with Gasteiger partial charge in [0.05, 0.1) is 0 Å². The first-order chi connectivity index (χ1) is 9.63. The predicted octanol–water partition coefficient (Wildman–Crippen LogP) is 1.74. The van der Waals surface area contributed by atoms with Crippen LogP contribution < -0.4 is 11.1 Å². The summed E-state index contributed by atoms with van der Waals surface area (Å²) < 4.78 is 0. The second-order valence-electron chi connectivity index (χ2n) is 6.71. The molecule has 3 N–H and O–H groups in total. The molecular weight excluding hydrogens is 250 g/mol. The monoisotopic (exact) mass is 281 g/mol. The third kappa shape index (κ3) is 3.95. The third-order valence-corrected chi connectivity index (χ3v) is 5.16. The molecule has 0 aromatic rings. The van der Waals surface area contributed by atoms with E-state index in [4.69, 9.17) is 5.73 Å². The Morgan fingerprint density at radius 1 is 1.35 bits per heavy atom. The molecule has 0 aromatic heterocycles. The summed E-state index contributed by atoms with van der Waals surface area (Å²) >= 11 is 0. The second-order valence-corrected chi connectivity index (χ2v) is 6.71. The van der Waals surface area contributed by atoms with Crippen molar-refractivity contribution >= 4 is 5.91 Å². The highest BCUT2D eigenvalue weighted by atomic mass is 16.1. The Morgan fingerprint density at radius 3 is 2.80 bits per heavy atom. The zero-order valence-corrected chi connectivity index (χ0v) is 13.1. The highest BCUT2D eigenvalue weighted by Crippen LogP contribution is 2.35. The number of rotatable bonds is 5. The fraction of sp³-hybridized carbons (Fsp3) is 0.938. The Bertz CT molecular complexity index is 321. The molecule has 1 aliphatic carbocycles. The summed E-state index contributed by atoms with van der Waals surface area (Å²) in [7, 11) is 0. The molecule has 2 fully saturated rings.